The Morgan fingerprint density at radius 1 is 1.33 bits per heavy atom. The van der Waals surface area contributed by atoms with Crippen molar-refractivity contribution in [2.45, 2.75) is 33.2 Å². The Bertz CT molecular complexity index is 574. The summed E-state index contributed by atoms with van der Waals surface area (Å²) in [6.45, 7) is 5.75. The van der Waals surface area contributed by atoms with Crippen molar-refractivity contribution in [3.63, 3.8) is 0 Å². The zero-order valence-corrected chi connectivity index (χ0v) is 12.3. The van der Waals surface area contributed by atoms with E-state index >= 15 is 0 Å². The molecule has 116 valence electrons. The molecule has 0 aliphatic heterocycles. The molecule has 2 amide bonds. The molecule has 0 bridgehead atoms. The summed E-state index contributed by atoms with van der Waals surface area (Å²) >= 11 is 0. The summed E-state index contributed by atoms with van der Waals surface area (Å²) in [5, 5.41) is 11.2. The second-order valence-electron chi connectivity index (χ2n) is 5.09. The van der Waals surface area contributed by atoms with E-state index in [9.17, 15) is 18.4 Å². The monoisotopic (exact) mass is 300 g/mol. The number of carbonyl (C=O) groups excluding carboxylic acids is 1. The Labute approximate surface area is 121 Å². The molecular weight excluding hydrogens is 282 g/mol. The van der Waals surface area contributed by atoms with Crippen molar-refractivity contribution in [3.05, 3.63) is 29.3 Å². The lowest BCUT2D eigenvalue weighted by atomic mass is 10.0. The highest BCUT2D eigenvalue weighted by molar-refractivity contribution is 5.93. The van der Waals surface area contributed by atoms with Crippen LogP contribution in [0.4, 0.5) is 19.3 Å². The third kappa shape index (κ3) is 3.29. The van der Waals surface area contributed by atoms with Gasteiger partial charge in [0.1, 0.15) is 17.0 Å². The number of carbonyl (C=O) groups is 2. The average Bonchev–Trinajstić information content (AvgIpc) is 2.39. The standard InChI is InChI=1S/C14H18F2N2O3/c1-5-18(14(3,4)12(19)20)13(21)17-11-9(15)7-6-8(2)10(11)16/h6-7H,5H2,1-4H3,(H,17,21)(H,19,20). The Hall–Kier alpha value is -2.18. The van der Waals surface area contributed by atoms with E-state index < -0.39 is 34.9 Å². The number of aryl methyl sites for hydroxylation is 1. The zero-order valence-electron chi connectivity index (χ0n) is 12.3. The molecule has 1 aromatic rings. The van der Waals surface area contributed by atoms with E-state index in [0.29, 0.717) is 0 Å². The van der Waals surface area contributed by atoms with Crippen molar-refractivity contribution >= 4 is 17.7 Å². The Balaban J connectivity index is 3.11. The maximum absolute atomic E-state index is 13.9. The number of halogens is 2. The van der Waals surface area contributed by atoms with E-state index in [-0.39, 0.29) is 12.1 Å². The highest BCUT2D eigenvalue weighted by atomic mass is 19.1. The molecule has 0 fully saturated rings. The van der Waals surface area contributed by atoms with E-state index in [4.69, 9.17) is 5.11 Å². The second-order valence-corrected chi connectivity index (χ2v) is 5.09. The SMILES string of the molecule is CCN(C(=O)Nc1c(F)ccc(C)c1F)C(C)(C)C(=O)O. The molecule has 0 atom stereocenters. The van der Waals surface area contributed by atoms with Crippen LogP contribution >= 0.6 is 0 Å². The van der Waals surface area contributed by atoms with Gasteiger partial charge < -0.3 is 15.3 Å². The van der Waals surface area contributed by atoms with Crippen LogP contribution in [-0.2, 0) is 4.79 Å². The summed E-state index contributed by atoms with van der Waals surface area (Å²) in [6, 6.07) is 1.40. The fourth-order valence-electron chi connectivity index (χ4n) is 1.85. The minimum Gasteiger partial charge on any atom is -0.480 e. The number of carboxylic acids is 1. The number of nitrogens with one attached hydrogen (secondary N) is 1. The van der Waals surface area contributed by atoms with Gasteiger partial charge in [0.05, 0.1) is 0 Å². The van der Waals surface area contributed by atoms with Gasteiger partial charge in [-0.1, -0.05) is 6.07 Å². The van der Waals surface area contributed by atoms with Crippen LogP contribution in [0.1, 0.15) is 26.3 Å². The smallest absolute Gasteiger partial charge is 0.329 e. The first-order valence-electron chi connectivity index (χ1n) is 6.39. The number of urea groups is 1. The summed E-state index contributed by atoms with van der Waals surface area (Å²) in [4.78, 5) is 24.3. The lowest BCUT2D eigenvalue weighted by Crippen LogP contribution is -2.54. The second kappa shape index (κ2) is 6.07. The topological polar surface area (TPSA) is 69.6 Å². The van der Waals surface area contributed by atoms with E-state index in [1.54, 1.807) is 6.92 Å². The van der Waals surface area contributed by atoms with Crippen molar-refractivity contribution < 1.29 is 23.5 Å². The van der Waals surface area contributed by atoms with E-state index in [1.165, 1.54) is 26.8 Å². The largest absolute Gasteiger partial charge is 0.480 e. The van der Waals surface area contributed by atoms with Crippen molar-refractivity contribution in [2.75, 3.05) is 11.9 Å². The predicted octanol–water partition coefficient (Wildman–Crippen LogP) is 2.99. The number of rotatable bonds is 4. The van der Waals surface area contributed by atoms with Crippen molar-refractivity contribution in [3.8, 4) is 0 Å². The molecule has 0 unspecified atom stereocenters. The molecule has 0 spiro atoms. The van der Waals surface area contributed by atoms with Crippen molar-refractivity contribution in [1.82, 2.24) is 4.90 Å². The van der Waals surface area contributed by atoms with Crippen LogP contribution in [0.5, 0.6) is 0 Å². The molecule has 1 aromatic carbocycles. The molecule has 2 N–H and O–H groups in total. The zero-order chi connectivity index (χ0) is 16.4. The Morgan fingerprint density at radius 3 is 2.38 bits per heavy atom. The van der Waals surface area contributed by atoms with Gasteiger partial charge in [-0.15, -0.1) is 0 Å². The number of hydrogen-bond acceptors (Lipinski definition) is 2. The number of amides is 2. The number of carboxylic acid groups (broad SMARTS) is 1. The third-order valence-electron chi connectivity index (χ3n) is 3.28. The van der Waals surface area contributed by atoms with Gasteiger partial charge >= 0.3 is 12.0 Å². The van der Waals surface area contributed by atoms with Gasteiger partial charge in [0.15, 0.2) is 5.82 Å². The molecule has 1 rings (SSSR count). The lowest BCUT2D eigenvalue weighted by Gasteiger charge is -2.34. The minimum absolute atomic E-state index is 0.0696. The van der Waals surface area contributed by atoms with Crippen molar-refractivity contribution in [1.29, 1.82) is 0 Å². The van der Waals surface area contributed by atoms with Gasteiger partial charge in [-0.3, -0.25) is 0 Å². The van der Waals surface area contributed by atoms with E-state index in [2.05, 4.69) is 5.32 Å². The van der Waals surface area contributed by atoms with Crippen LogP contribution in [0.15, 0.2) is 12.1 Å². The Kier molecular flexibility index (Phi) is 4.88. The first-order valence-corrected chi connectivity index (χ1v) is 6.39. The number of likely N-dealkylation sites (N-methyl/N-ethyl adjacent to an activating group) is 1. The highest BCUT2D eigenvalue weighted by Crippen LogP contribution is 2.23. The third-order valence-corrected chi connectivity index (χ3v) is 3.28. The van der Waals surface area contributed by atoms with Gasteiger partial charge in [0.2, 0.25) is 0 Å². The summed E-state index contributed by atoms with van der Waals surface area (Å²) in [6.07, 6.45) is 0. The van der Waals surface area contributed by atoms with Crippen LogP contribution in [0.25, 0.3) is 0 Å². The number of benzene rings is 1. The van der Waals surface area contributed by atoms with Gasteiger partial charge in [-0.25, -0.2) is 18.4 Å². The molecule has 7 heteroatoms. The van der Waals surface area contributed by atoms with E-state index in [1.807, 2.05) is 0 Å². The average molecular weight is 300 g/mol. The van der Waals surface area contributed by atoms with Crippen LogP contribution in [0, 0.1) is 18.6 Å². The number of aliphatic carboxylic acids is 1. The van der Waals surface area contributed by atoms with Gasteiger partial charge in [-0.05, 0) is 39.3 Å². The maximum Gasteiger partial charge on any atom is 0.329 e. The van der Waals surface area contributed by atoms with E-state index in [0.717, 1.165) is 11.0 Å². The van der Waals surface area contributed by atoms with Crippen LogP contribution < -0.4 is 5.32 Å². The van der Waals surface area contributed by atoms with Gasteiger partial charge in [0, 0.05) is 6.54 Å². The van der Waals surface area contributed by atoms with Crippen LogP contribution in [0.3, 0.4) is 0 Å². The molecule has 0 saturated carbocycles. The first kappa shape index (κ1) is 16.9. The fourth-order valence-corrected chi connectivity index (χ4v) is 1.85. The van der Waals surface area contributed by atoms with Crippen molar-refractivity contribution in [2.24, 2.45) is 0 Å². The number of anilines is 1. The molecule has 5 nitrogen and oxygen atoms in total. The van der Waals surface area contributed by atoms with Crippen LogP contribution in [0.2, 0.25) is 0 Å². The van der Waals surface area contributed by atoms with Gasteiger partial charge in [-0.2, -0.15) is 0 Å². The fraction of sp³-hybridized carbons (Fsp3) is 0.429. The molecule has 21 heavy (non-hydrogen) atoms. The quantitative estimate of drug-likeness (QED) is 0.898. The highest BCUT2D eigenvalue weighted by Gasteiger charge is 2.37. The number of nitrogens with zero attached hydrogens (tertiary/aromatic N) is 1. The van der Waals surface area contributed by atoms with Crippen LogP contribution in [-0.4, -0.2) is 34.1 Å². The lowest BCUT2D eigenvalue weighted by molar-refractivity contribution is -0.147. The van der Waals surface area contributed by atoms with Gasteiger partial charge in [0.25, 0.3) is 0 Å². The predicted molar refractivity (Wildman–Crippen MR) is 74.2 cm³/mol. The molecule has 0 saturated heterocycles. The molecule has 0 heterocycles. The molecule has 0 radical (unpaired) electrons. The normalized spacial score (nSPS) is 11.1. The summed E-state index contributed by atoms with van der Waals surface area (Å²) in [7, 11) is 0. The molecule has 0 aromatic heterocycles. The molecule has 0 aliphatic rings. The maximum atomic E-state index is 13.9. The molecule has 0 aliphatic carbocycles. The summed E-state index contributed by atoms with van der Waals surface area (Å²) in [5.74, 6) is -3.02. The molecular formula is C14H18F2N2O3. The minimum atomic E-state index is -1.50. The first-order chi connectivity index (χ1) is 9.62. The Morgan fingerprint density at radius 2 is 1.90 bits per heavy atom. The summed E-state index contributed by atoms with van der Waals surface area (Å²) in [5.41, 5.74) is -1.91. The number of hydrogen-bond donors (Lipinski definition) is 2. The summed E-state index contributed by atoms with van der Waals surface area (Å²) < 4.78 is 27.5.